The number of carbonyl (C=O) groups is 1. The number of thioether (sulfide) groups is 1. The predicted molar refractivity (Wildman–Crippen MR) is 95.9 cm³/mol. The van der Waals surface area contributed by atoms with Gasteiger partial charge in [0.05, 0.1) is 11.0 Å². The molecule has 1 aromatic heterocycles. The summed E-state index contributed by atoms with van der Waals surface area (Å²) >= 11 is 1.65. The molecule has 118 valence electrons. The van der Waals surface area contributed by atoms with Crippen LogP contribution in [0.25, 0.3) is 11.0 Å². The van der Waals surface area contributed by atoms with Crippen LogP contribution in [-0.2, 0) is 4.79 Å². The summed E-state index contributed by atoms with van der Waals surface area (Å²) in [6.07, 6.45) is 1.33. The number of rotatable bonds is 6. The van der Waals surface area contributed by atoms with Gasteiger partial charge >= 0.3 is 0 Å². The fraction of sp³-hybridized carbons (Fsp3) is 0.222. The van der Waals surface area contributed by atoms with Crippen LogP contribution in [0.4, 0.5) is 5.69 Å². The van der Waals surface area contributed by atoms with Crippen LogP contribution in [0.15, 0.2) is 53.7 Å². The summed E-state index contributed by atoms with van der Waals surface area (Å²) in [4.78, 5) is 19.7. The molecule has 4 nitrogen and oxygen atoms in total. The zero-order valence-corrected chi connectivity index (χ0v) is 13.8. The molecule has 0 saturated heterocycles. The Balaban J connectivity index is 1.43. The second-order valence-corrected chi connectivity index (χ2v) is 6.51. The van der Waals surface area contributed by atoms with E-state index >= 15 is 0 Å². The molecule has 1 amide bonds. The summed E-state index contributed by atoms with van der Waals surface area (Å²) in [6, 6.07) is 15.8. The summed E-state index contributed by atoms with van der Waals surface area (Å²) in [6.45, 7) is 2.01. The molecule has 0 atom stereocenters. The van der Waals surface area contributed by atoms with Gasteiger partial charge in [0.15, 0.2) is 5.16 Å². The first-order chi connectivity index (χ1) is 11.2. The van der Waals surface area contributed by atoms with E-state index in [0.29, 0.717) is 6.42 Å². The van der Waals surface area contributed by atoms with E-state index in [-0.39, 0.29) is 5.91 Å². The van der Waals surface area contributed by atoms with E-state index in [2.05, 4.69) is 15.3 Å². The number of benzene rings is 2. The van der Waals surface area contributed by atoms with Crippen molar-refractivity contribution in [3.8, 4) is 0 Å². The smallest absolute Gasteiger partial charge is 0.224 e. The normalized spacial score (nSPS) is 10.8. The lowest BCUT2D eigenvalue weighted by atomic mass is 10.2. The first-order valence-corrected chi connectivity index (χ1v) is 8.63. The number of aromatic amines is 1. The third-order valence-corrected chi connectivity index (χ3v) is 4.42. The highest BCUT2D eigenvalue weighted by Gasteiger charge is 2.05. The maximum absolute atomic E-state index is 11.9. The lowest BCUT2D eigenvalue weighted by Gasteiger charge is -2.05. The highest BCUT2D eigenvalue weighted by molar-refractivity contribution is 7.99. The maximum Gasteiger partial charge on any atom is 0.224 e. The van der Waals surface area contributed by atoms with E-state index < -0.39 is 0 Å². The average Bonchev–Trinajstić information content (AvgIpc) is 2.94. The van der Waals surface area contributed by atoms with Crippen molar-refractivity contribution in [2.45, 2.75) is 24.9 Å². The molecule has 3 aromatic rings. The van der Waals surface area contributed by atoms with Gasteiger partial charge < -0.3 is 10.3 Å². The summed E-state index contributed by atoms with van der Waals surface area (Å²) in [7, 11) is 0. The standard InChI is InChI=1S/C18H19N3OS/c1-13-6-4-7-14(12-13)19-17(22)10-5-11-23-18-20-15-8-2-3-9-16(15)21-18/h2-4,6-9,12H,5,10-11H2,1H3,(H,19,22)(H,20,21). The molecule has 0 radical (unpaired) electrons. The minimum Gasteiger partial charge on any atom is -0.333 e. The predicted octanol–water partition coefficient (Wildman–Crippen LogP) is 4.38. The van der Waals surface area contributed by atoms with Crippen molar-refractivity contribution in [1.82, 2.24) is 9.97 Å². The summed E-state index contributed by atoms with van der Waals surface area (Å²) in [5.41, 5.74) is 4.03. The molecule has 1 heterocycles. The molecule has 0 spiro atoms. The first-order valence-electron chi connectivity index (χ1n) is 7.65. The Bertz CT molecular complexity index is 780. The van der Waals surface area contributed by atoms with Gasteiger partial charge in [-0.05, 0) is 43.2 Å². The van der Waals surface area contributed by atoms with Gasteiger partial charge in [0, 0.05) is 17.9 Å². The van der Waals surface area contributed by atoms with Crippen LogP contribution in [0, 0.1) is 6.92 Å². The van der Waals surface area contributed by atoms with E-state index in [1.807, 2.05) is 55.5 Å². The van der Waals surface area contributed by atoms with Crippen molar-refractivity contribution in [2.75, 3.05) is 11.1 Å². The fourth-order valence-electron chi connectivity index (χ4n) is 2.35. The first kappa shape index (κ1) is 15.6. The van der Waals surface area contributed by atoms with Gasteiger partial charge in [0.25, 0.3) is 0 Å². The quantitative estimate of drug-likeness (QED) is 0.522. The van der Waals surface area contributed by atoms with Crippen molar-refractivity contribution in [1.29, 1.82) is 0 Å². The molecule has 3 rings (SSSR count). The number of hydrogen-bond donors (Lipinski definition) is 2. The highest BCUT2D eigenvalue weighted by atomic mass is 32.2. The number of aromatic nitrogens is 2. The average molecular weight is 325 g/mol. The number of nitrogens with one attached hydrogen (secondary N) is 2. The molecule has 23 heavy (non-hydrogen) atoms. The van der Waals surface area contributed by atoms with Crippen molar-refractivity contribution in [3.05, 3.63) is 54.1 Å². The van der Waals surface area contributed by atoms with Crippen LogP contribution in [0.2, 0.25) is 0 Å². The molecule has 0 aliphatic heterocycles. The SMILES string of the molecule is Cc1cccc(NC(=O)CCCSc2nc3ccccc3[nH]2)c1. The van der Waals surface area contributed by atoms with Crippen molar-refractivity contribution < 1.29 is 4.79 Å². The molecule has 0 bridgehead atoms. The third kappa shape index (κ3) is 4.36. The van der Waals surface area contributed by atoms with Crippen LogP contribution in [0.1, 0.15) is 18.4 Å². The Hall–Kier alpha value is -2.27. The monoisotopic (exact) mass is 325 g/mol. The molecule has 0 aliphatic rings. The Kier molecular flexibility index (Phi) is 4.98. The second-order valence-electron chi connectivity index (χ2n) is 5.43. The van der Waals surface area contributed by atoms with Crippen molar-refractivity contribution in [2.24, 2.45) is 0 Å². The van der Waals surface area contributed by atoms with Gasteiger partial charge in [0.1, 0.15) is 0 Å². The Morgan fingerprint density at radius 3 is 2.91 bits per heavy atom. The maximum atomic E-state index is 11.9. The number of hydrogen-bond acceptors (Lipinski definition) is 3. The number of para-hydroxylation sites is 2. The molecular formula is C18H19N3OS. The highest BCUT2D eigenvalue weighted by Crippen LogP contribution is 2.20. The van der Waals surface area contributed by atoms with E-state index in [4.69, 9.17) is 0 Å². The van der Waals surface area contributed by atoms with E-state index in [1.54, 1.807) is 11.8 Å². The van der Waals surface area contributed by atoms with Gasteiger partial charge in [-0.1, -0.05) is 36.0 Å². The number of imidazole rings is 1. The zero-order chi connectivity index (χ0) is 16.1. The third-order valence-electron chi connectivity index (χ3n) is 3.46. The van der Waals surface area contributed by atoms with Crippen molar-refractivity contribution >= 4 is 34.4 Å². The van der Waals surface area contributed by atoms with Crippen molar-refractivity contribution in [3.63, 3.8) is 0 Å². The minimum absolute atomic E-state index is 0.0563. The van der Waals surface area contributed by atoms with Gasteiger partial charge in [-0.3, -0.25) is 4.79 Å². The largest absolute Gasteiger partial charge is 0.333 e. The molecule has 0 fully saturated rings. The zero-order valence-electron chi connectivity index (χ0n) is 13.0. The minimum atomic E-state index is 0.0563. The molecule has 5 heteroatoms. The molecule has 0 unspecified atom stereocenters. The number of fused-ring (bicyclic) bond motifs is 1. The lowest BCUT2D eigenvalue weighted by Crippen LogP contribution is -2.11. The van der Waals surface area contributed by atoms with Crippen LogP contribution in [0.3, 0.4) is 0 Å². The molecule has 0 saturated carbocycles. The molecule has 2 N–H and O–H groups in total. The van der Waals surface area contributed by atoms with Crippen LogP contribution in [0.5, 0.6) is 0 Å². The summed E-state index contributed by atoms with van der Waals surface area (Å²) in [5, 5.41) is 3.84. The number of carbonyl (C=O) groups excluding carboxylic acids is 1. The Labute approximate surface area is 139 Å². The topological polar surface area (TPSA) is 57.8 Å². The Morgan fingerprint density at radius 1 is 1.22 bits per heavy atom. The van der Waals surface area contributed by atoms with Crippen LogP contribution >= 0.6 is 11.8 Å². The molecular weight excluding hydrogens is 306 g/mol. The van der Waals surface area contributed by atoms with Crippen LogP contribution < -0.4 is 5.32 Å². The molecule has 2 aromatic carbocycles. The van der Waals surface area contributed by atoms with Gasteiger partial charge in [-0.2, -0.15) is 0 Å². The Morgan fingerprint density at radius 2 is 2.09 bits per heavy atom. The van der Waals surface area contributed by atoms with Gasteiger partial charge in [-0.25, -0.2) is 4.98 Å². The van der Waals surface area contributed by atoms with Crippen LogP contribution in [-0.4, -0.2) is 21.6 Å². The number of nitrogens with zero attached hydrogens (tertiary/aromatic N) is 1. The number of amides is 1. The van der Waals surface area contributed by atoms with E-state index in [9.17, 15) is 4.79 Å². The molecule has 0 aliphatic carbocycles. The summed E-state index contributed by atoms with van der Waals surface area (Å²) < 4.78 is 0. The number of anilines is 1. The lowest BCUT2D eigenvalue weighted by molar-refractivity contribution is -0.116. The number of aryl methyl sites for hydroxylation is 1. The van der Waals surface area contributed by atoms with E-state index in [1.165, 1.54) is 0 Å². The van der Waals surface area contributed by atoms with E-state index in [0.717, 1.165) is 39.6 Å². The van der Waals surface area contributed by atoms with Gasteiger partial charge in [-0.15, -0.1) is 0 Å². The van der Waals surface area contributed by atoms with Gasteiger partial charge in [0.2, 0.25) is 5.91 Å². The summed E-state index contributed by atoms with van der Waals surface area (Å²) in [5.74, 6) is 0.918. The fourth-order valence-corrected chi connectivity index (χ4v) is 3.17. The number of H-pyrrole nitrogens is 1. The second kappa shape index (κ2) is 7.33.